The van der Waals surface area contributed by atoms with Crippen LogP contribution in [-0.4, -0.2) is 30.1 Å². The van der Waals surface area contributed by atoms with Crippen LogP contribution in [0.5, 0.6) is 5.75 Å². The Kier molecular flexibility index (Phi) is 5.97. The molecule has 0 fully saturated rings. The van der Waals surface area contributed by atoms with Gasteiger partial charge in [0.1, 0.15) is 29.3 Å². The summed E-state index contributed by atoms with van der Waals surface area (Å²) < 4.78 is 9.01. The predicted molar refractivity (Wildman–Crippen MR) is 145 cm³/mol. The molecule has 0 aliphatic heterocycles. The predicted octanol–water partition coefficient (Wildman–Crippen LogP) is 6.96. The van der Waals surface area contributed by atoms with Crippen LogP contribution in [0.1, 0.15) is 5.69 Å². The van der Waals surface area contributed by atoms with Gasteiger partial charge in [-0.2, -0.15) is 5.10 Å². The SMILES string of the molecule is Clc1cc(Nc2ncnc3sc4c(ccc5c4cnn5CCBr)c23)ccc1OCc1ccccn1. The Hall–Kier alpha value is -3.27. The smallest absolute Gasteiger partial charge is 0.143 e. The summed E-state index contributed by atoms with van der Waals surface area (Å²) in [6.45, 7) is 1.16. The highest BCUT2D eigenvalue weighted by Crippen LogP contribution is 2.41. The van der Waals surface area contributed by atoms with E-state index in [0.29, 0.717) is 17.4 Å². The largest absolute Gasteiger partial charge is 0.486 e. The zero-order valence-electron chi connectivity index (χ0n) is 18.3. The normalized spacial score (nSPS) is 11.5. The second-order valence-electron chi connectivity index (χ2n) is 7.82. The molecule has 6 aromatic rings. The van der Waals surface area contributed by atoms with Crippen LogP contribution in [0.2, 0.25) is 5.02 Å². The van der Waals surface area contributed by atoms with Gasteiger partial charge in [0.15, 0.2) is 0 Å². The van der Waals surface area contributed by atoms with E-state index in [1.54, 1.807) is 23.9 Å². The van der Waals surface area contributed by atoms with Gasteiger partial charge in [-0.25, -0.2) is 9.97 Å². The molecule has 2 aromatic carbocycles. The Morgan fingerprint density at radius 3 is 2.83 bits per heavy atom. The van der Waals surface area contributed by atoms with Crippen molar-refractivity contribution in [3.63, 3.8) is 0 Å². The molecule has 0 unspecified atom stereocenters. The average Bonchev–Trinajstić information content (AvgIpc) is 3.46. The number of benzene rings is 2. The molecule has 4 heterocycles. The van der Waals surface area contributed by atoms with E-state index in [2.05, 4.69) is 53.4 Å². The summed E-state index contributed by atoms with van der Waals surface area (Å²) in [4.78, 5) is 14.3. The number of nitrogens with one attached hydrogen (secondary N) is 1. The first kappa shape index (κ1) is 22.2. The van der Waals surface area contributed by atoms with Crippen LogP contribution in [0.15, 0.2) is 67.3 Å². The number of pyridine rings is 1. The minimum atomic E-state index is 0.349. The molecule has 0 amide bonds. The lowest BCUT2D eigenvalue weighted by molar-refractivity contribution is 0.301. The molecule has 0 spiro atoms. The maximum absolute atomic E-state index is 6.52. The molecule has 0 atom stereocenters. The summed E-state index contributed by atoms with van der Waals surface area (Å²) in [6, 6.07) is 15.6. The molecular formula is C25H18BrClN6OS. The Bertz CT molecular complexity index is 1670. The fourth-order valence-electron chi connectivity index (χ4n) is 4.04. The number of rotatable bonds is 7. The van der Waals surface area contributed by atoms with E-state index < -0.39 is 0 Å². The highest BCUT2D eigenvalue weighted by Gasteiger charge is 2.16. The second-order valence-corrected chi connectivity index (χ2v) is 10.0. The van der Waals surface area contributed by atoms with Gasteiger partial charge in [-0.05, 0) is 36.4 Å². The van der Waals surface area contributed by atoms with Crippen LogP contribution in [0.25, 0.3) is 31.2 Å². The number of halogens is 2. The minimum absolute atomic E-state index is 0.349. The van der Waals surface area contributed by atoms with Crippen LogP contribution in [0, 0.1) is 0 Å². The first-order valence-corrected chi connectivity index (χ1v) is 13.2. The highest BCUT2D eigenvalue weighted by molar-refractivity contribution is 9.09. The number of alkyl halides is 1. The molecule has 10 heteroatoms. The Morgan fingerprint density at radius 1 is 1.06 bits per heavy atom. The number of anilines is 2. The molecule has 0 radical (unpaired) electrons. The molecule has 0 aliphatic carbocycles. The van der Waals surface area contributed by atoms with Crippen molar-refractivity contribution in [2.75, 3.05) is 10.6 Å². The van der Waals surface area contributed by atoms with Crippen LogP contribution < -0.4 is 10.1 Å². The molecule has 35 heavy (non-hydrogen) atoms. The van der Waals surface area contributed by atoms with Crippen molar-refractivity contribution in [2.45, 2.75) is 13.2 Å². The van der Waals surface area contributed by atoms with Crippen molar-refractivity contribution in [3.8, 4) is 5.75 Å². The lowest BCUT2D eigenvalue weighted by Gasteiger charge is -2.11. The number of aromatic nitrogens is 5. The van der Waals surface area contributed by atoms with Gasteiger partial charge < -0.3 is 10.1 Å². The van der Waals surface area contributed by atoms with Crippen molar-refractivity contribution >= 4 is 81.6 Å². The topological polar surface area (TPSA) is 77.8 Å². The molecule has 174 valence electrons. The molecule has 1 N–H and O–H groups in total. The van der Waals surface area contributed by atoms with Crippen molar-refractivity contribution in [1.29, 1.82) is 0 Å². The van der Waals surface area contributed by atoms with Crippen LogP contribution in [-0.2, 0) is 13.2 Å². The summed E-state index contributed by atoms with van der Waals surface area (Å²) in [7, 11) is 0. The van der Waals surface area contributed by atoms with Crippen LogP contribution >= 0.6 is 38.9 Å². The average molecular weight is 566 g/mol. The van der Waals surface area contributed by atoms with Crippen molar-refractivity contribution in [2.24, 2.45) is 0 Å². The number of nitrogens with zero attached hydrogens (tertiary/aromatic N) is 5. The lowest BCUT2D eigenvalue weighted by atomic mass is 10.1. The lowest BCUT2D eigenvalue weighted by Crippen LogP contribution is -1.99. The fourth-order valence-corrected chi connectivity index (χ4v) is 5.76. The van der Waals surface area contributed by atoms with E-state index in [1.807, 2.05) is 47.3 Å². The maximum Gasteiger partial charge on any atom is 0.143 e. The summed E-state index contributed by atoms with van der Waals surface area (Å²) in [5, 5.41) is 12.5. The van der Waals surface area contributed by atoms with Crippen molar-refractivity contribution in [3.05, 3.63) is 78.0 Å². The number of thiophene rings is 1. The van der Waals surface area contributed by atoms with Crippen LogP contribution in [0.4, 0.5) is 11.5 Å². The quantitative estimate of drug-likeness (QED) is 0.211. The van der Waals surface area contributed by atoms with Gasteiger partial charge in [0.05, 0.1) is 34.4 Å². The van der Waals surface area contributed by atoms with Crippen molar-refractivity contribution in [1.82, 2.24) is 24.7 Å². The molecule has 7 nitrogen and oxygen atoms in total. The third-order valence-corrected chi connectivity index (χ3v) is 7.45. The third kappa shape index (κ3) is 4.20. The molecular weight excluding hydrogens is 548 g/mol. The van der Waals surface area contributed by atoms with E-state index in [0.717, 1.165) is 60.3 Å². The first-order chi connectivity index (χ1) is 17.2. The zero-order chi connectivity index (χ0) is 23.8. The van der Waals surface area contributed by atoms with Gasteiger partial charge in [-0.3, -0.25) is 9.67 Å². The maximum atomic E-state index is 6.52. The molecule has 6 rings (SSSR count). The standard InChI is InChI=1S/C25H18BrClN6OS/c26-8-10-33-20-6-5-17-22-24(29-14-30-25(22)35-23(17)18(20)12-31-33)32-15-4-7-21(19(27)11-15)34-13-16-3-1-2-9-28-16/h1-7,9,11-12,14H,8,10,13H2,(H,29,30,32). The number of ether oxygens (including phenoxy) is 1. The summed E-state index contributed by atoms with van der Waals surface area (Å²) in [6.07, 6.45) is 5.25. The van der Waals surface area contributed by atoms with Crippen molar-refractivity contribution < 1.29 is 4.74 Å². The number of hydrogen-bond acceptors (Lipinski definition) is 7. The van der Waals surface area contributed by atoms with Gasteiger partial charge in [-0.1, -0.05) is 39.7 Å². The van der Waals surface area contributed by atoms with E-state index in [9.17, 15) is 0 Å². The third-order valence-electron chi connectivity index (χ3n) is 5.65. The zero-order valence-corrected chi connectivity index (χ0v) is 21.4. The van der Waals surface area contributed by atoms with E-state index >= 15 is 0 Å². The van der Waals surface area contributed by atoms with Gasteiger partial charge in [0.25, 0.3) is 0 Å². The molecule has 0 saturated carbocycles. The number of fused-ring (bicyclic) bond motifs is 5. The van der Waals surface area contributed by atoms with Gasteiger partial charge in [0, 0.05) is 32.7 Å². The first-order valence-electron chi connectivity index (χ1n) is 10.9. The Balaban J connectivity index is 1.32. The second kappa shape index (κ2) is 9.41. The minimum Gasteiger partial charge on any atom is -0.486 e. The van der Waals surface area contributed by atoms with Gasteiger partial charge >= 0.3 is 0 Å². The Morgan fingerprint density at radius 2 is 2.00 bits per heavy atom. The summed E-state index contributed by atoms with van der Waals surface area (Å²) >= 11 is 11.7. The summed E-state index contributed by atoms with van der Waals surface area (Å²) in [5.41, 5.74) is 2.76. The van der Waals surface area contributed by atoms with E-state index in [1.165, 1.54) is 0 Å². The van der Waals surface area contributed by atoms with E-state index in [-0.39, 0.29) is 0 Å². The van der Waals surface area contributed by atoms with Gasteiger partial charge in [-0.15, -0.1) is 11.3 Å². The molecule has 4 aromatic heterocycles. The van der Waals surface area contributed by atoms with Gasteiger partial charge in [0.2, 0.25) is 0 Å². The number of hydrogen-bond donors (Lipinski definition) is 1. The summed E-state index contributed by atoms with van der Waals surface area (Å²) in [5.74, 6) is 1.33. The monoisotopic (exact) mass is 564 g/mol. The van der Waals surface area contributed by atoms with E-state index in [4.69, 9.17) is 16.3 Å². The molecule has 0 bridgehead atoms. The molecule has 0 aliphatic rings. The fraction of sp³-hybridized carbons (Fsp3) is 0.120. The van der Waals surface area contributed by atoms with Crippen LogP contribution in [0.3, 0.4) is 0 Å². The number of aryl methyl sites for hydroxylation is 1. The Labute approximate surface area is 217 Å². The molecule has 0 saturated heterocycles. The highest BCUT2D eigenvalue weighted by atomic mass is 79.9.